The first kappa shape index (κ1) is 14.4. The van der Waals surface area contributed by atoms with Crippen LogP contribution in [0.3, 0.4) is 0 Å². The molecular weight excluding hydrogens is 240 g/mol. The smallest absolute Gasteiger partial charge is 0.0791 e. The number of halogens is 1. The number of β-amino-alcohol motifs (C(OH)–C–C–N with tert-alkyl or cyclic N) is 1. The maximum Gasteiger partial charge on any atom is 0.0791 e. The van der Waals surface area contributed by atoms with E-state index >= 15 is 0 Å². The molecule has 6 heteroatoms. The van der Waals surface area contributed by atoms with Gasteiger partial charge >= 0.3 is 0 Å². The molecule has 1 atom stereocenters. The van der Waals surface area contributed by atoms with Gasteiger partial charge in [-0.2, -0.15) is 5.10 Å². The fourth-order valence-corrected chi connectivity index (χ4v) is 2.08. The molecule has 98 valence electrons. The molecular formula is C11H21ClN4O. The summed E-state index contributed by atoms with van der Waals surface area (Å²) in [7, 11) is 0. The second-order valence-corrected chi connectivity index (χ2v) is 4.37. The molecule has 1 fully saturated rings. The molecule has 1 aromatic heterocycles. The minimum Gasteiger partial charge on any atom is -0.390 e. The van der Waals surface area contributed by atoms with E-state index in [0.29, 0.717) is 6.54 Å². The number of rotatable bonds is 6. The van der Waals surface area contributed by atoms with E-state index in [1.807, 2.05) is 6.07 Å². The van der Waals surface area contributed by atoms with Gasteiger partial charge in [-0.3, -0.25) is 5.10 Å². The van der Waals surface area contributed by atoms with Crippen LogP contribution in [0.25, 0.3) is 0 Å². The molecule has 1 aliphatic rings. The second kappa shape index (κ2) is 7.66. The van der Waals surface area contributed by atoms with Gasteiger partial charge in [0.25, 0.3) is 0 Å². The molecule has 1 saturated heterocycles. The molecule has 0 bridgehead atoms. The molecule has 0 aromatic carbocycles. The molecule has 0 amide bonds. The molecule has 2 rings (SSSR count). The highest BCUT2D eigenvalue weighted by atomic mass is 35.5. The third-order valence-electron chi connectivity index (χ3n) is 2.92. The van der Waals surface area contributed by atoms with E-state index in [0.717, 1.165) is 31.9 Å². The number of likely N-dealkylation sites (tertiary alicyclic amines) is 1. The van der Waals surface area contributed by atoms with E-state index in [2.05, 4.69) is 20.4 Å². The van der Waals surface area contributed by atoms with Gasteiger partial charge in [0.05, 0.1) is 6.10 Å². The van der Waals surface area contributed by atoms with Gasteiger partial charge < -0.3 is 15.3 Å². The van der Waals surface area contributed by atoms with Crippen molar-refractivity contribution in [2.75, 3.05) is 26.2 Å². The average molecular weight is 261 g/mol. The summed E-state index contributed by atoms with van der Waals surface area (Å²) in [4.78, 5) is 2.32. The molecule has 1 unspecified atom stereocenters. The summed E-state index contributed by atoms with van der Waals surface area (Å²) in [5, 5.41) is 19.8. The van der Waals surface area contributed by atoms with E-state index in [4.69, 9.17) is 0 Å². The van der Waals surface area contributed by atoms with Gasteiger partial charge in [0, 0.05) is 31.5 Å². The normalized spacial score (nSPS) is 17.9. The molecule has 5 nitrogen and oxygen atoms in total. The predicted molar refractivity (Wildman–Crippen MR) is 69.2 cm³/mol. The SMILES string of the molecule is Cl.OC(CNCc1ccn[nH]1)CN1CCCC1. The number of aromatic nitrogens is 2. The summed E-state index contributed by atoms with van der Waals surface area (Å²) in [6, 6.07) is 1.93. The summed E-state index contributed by atoms with van der Waals surface area (Å²) < 4.78 is 0. The minimum atomic E-state index is -0.277. The third kappa shape index (κ3) is 5.04. The lowest BCUT2D eigenvalue weighted by Gasteiger charge is -2.19. The highest BCUT2D eigenvalue weighted by molar-refractivity contribution is 5.85. The lowest BCUT2D eigenvalue weighted by molar-refractivity contribution is 0.123. The van der Waals surface area contributed by atoms with E-state index in [9.17, 15) is 5.11 Å². The Hall–Kier alpha value is -0.620. The van der Waals surface area contributed by atoms with Crippen molar-refractivity contribution in [1.82, 2.24) is 20.4 Å². The van der Waals surface area contributed by atoms with Gasteiger partial charge in [-0.25, -0.2) is 0 Å². The molecule has 1 aliphatic heterocycles. The van der Waals surface area contributed by atoms with Crippen LogP contribution in [-0.4, -0.2) is 52.5 Å². The number of nitrogens with zero attached hydrogens (tertiary/aromatic N) is 2. The van der Waals surface area contributed by atoms with Crippen molar-refractivity contribution < 1.29 is 5.11 Å². The summed E-state index contributed by atoms with van der Waals surface area (Å²) >= 11 is 0. The van der Waals surface area contributed by atoms with Crippen molar-refractivity contribution in [3.63, 3.8) is 0 Å². The highest BCUT2D eigenvalue weighted by Crippen LogP contribution is 2.07. The number of hydrogen-bond acceptors (Lipinski definition) is 4. The maximum absolute atomic E-state index is 9.81. The summed E-state index contributed by atoms with van der Waals surface area (Å²) in [6.07, 6.45) is 4.00. The molecule has 0 aliphatic carbocycles. The van der Waals surface area contributed by atoms with Gasteiger partial charge in [0.2, 0.25) is 0 Å². The Morgan fingerprint density at radius 1 is 1.47 bits per heavy atom. The molecule has 3 N–H and O–H groups in total. The van der Waals surface area contributed by atoms with Crippen LogP contribution in [0.4, 0.5) is 0 Å². The van der Waals surface area contributed by atoms with E-state index in [-0.39, 0.29) is 18.5 Å². The van der Waals surface area contributed by atoms with Gasteiger partial charge in [0.15, 0.2) is 0 Å². The molecule has 2 heterocycles. The van der Waals surface area contributed by atoms with Gasteiger partial charge in [0.1, 0.15) is 0 Å². The van der Waals surface area contributed by atoms with Crippen molar-refractivity contribution in [1.29, 1.82) is 0 Å². The molecule has 1 aromatic rings. The highest BCUT2D eigenvalue weighted by Gasteiger charge is 2.15. The number of aromatic amines is 1. The molecule has 0 radical (unpaired) electrons. The standard InChI is InChI=1S/C11H20N4O.ClH/c16-11(9-15-5-1-2-6-15)8-12-7-10-3-4-13-14-10;/h3-4,11-12,16H,1-2,5-9H2,(H,13,14);1H. The van der Waals surface area contributed by atoms with Crippen LogP contribution >= 0.6 is 12.4 Å². The zero-order valence-electron chi connectivity index (χ0n) is 9.93. The maximum atomic E-state index is 9.81. The Kier molecular flexibility index (Phi) is 6.50. The fourth-order valence-electron chi connectivity index (χ4n) is 2.08. The van der Waals surface area contributed by atoms with Crippen molar-refractivity contribution in [2.24, 2.45) is 0 Å². The largest absolute Gasteiger partial charge is 0.390 e. The first-order valence-corrected chi connectivity index (χ1v) is 5.94. The van der Waals surface area contributed by atoms with Crippen LogP contribution in [0.1, 0.15) is 18.5 Å². The van der Waals surface area contributed by atoms with Gasteiger partial charge in [-0.05, 0) is 32.0 Å². The quantitative estimate of drug-likeness (QED) is 0.692. The monoisotopic (exact) mass is 260 g/mol. The number of H-pyrrole nitrogens is 1. The van der Waals surface area contributed by atoms with Crippen LogP contribution in [0, 0.1) is 0 Å². The molecule has 0 saturated carbocycles. The zero-order valence-corrected chi connectivity index (χ0v) is 10.7. The number of aliphatic hydroxyl groups excluding tert-OH is 1. The van der Waals surface area contributed by atoms with Crippen LogP contribution in [0.2, 0.25) is 0 Å². The lowest BCUT2D eigenvalue weighted by Crippen LogP contribution is -2.36. The fraction of sp³-hybridized carbons (Fsp3) is 0.727. The first-order valence-electron chi connectivity index (χ1n) is 5.94. The van der Waals surface area contributed by atoms with Crippen molar-refractivity contribution in [2.45, 2.75) is 25.5 Å². The third-order valence-corrected chi connectivity index (χ3v) is 2.92. The van der Waals surface area contributed by atoms with Gasteiger partial charge in [-0.1, -0.05) is 0 Å². The number of nitrogens with one attached hydrogen (secondary N) is 2. The Morgan fingerprint density at radius 3 is 2.88 bits per heavy atom. The van der Waals surface area contributed by atoms with Crippen molar-refractivity contribution >= 4 is 12.4 Å². The Morgan fingerprint density at radius 2 is 2.24 bits per heavy atom. The molecule has 17 heavy (non-hydrogen) atoms. The van der Waals surface area contributed by atoms with E-state index in [1.54, 1.807) is 6.20 Å². The zero-order chi connectivity index (χ0) is 11.2. The van der Waals surface area contributed by atoms with Crippen molar-refractivity contribution in [3.05, 3.63) is 18.0 Å². The van der Waals surface area contributed by atoms with Crippen LogP contribution in [0.15, 0.2) is 12.3 Å². The van der Waals surface area contributed by atoms with Crippen LogP contribution < -0.4 is 5.32 Å². The number of aliphatic hydroxyl groups is 1. The summed E-state index contributed by atoms with van der Waals surface area (Å²) in [5.41, 5.74) is 1.05. The van der Waals surface area contributed by atoms with E-state index < -0.39 is 0 Å². The average Bonchev–Trinajstić information content (AvgIpc) is 2.90. The first-order chi connectivity index (χ1) is 7.84. The molecule has 0 spiro atoms. The minimum absolute atomic E-state index is 0. The summed E-state index contributed by atoms with van der Waals surface area (Å²) in [5.74, 6) is 0. The lowest BCUT2D eigenvalue weighted by atomic mass is 10.3. The predicted octanol–water partition coefficient (Wildman–Crippen LogP) is 0.378. The van der Waals surface area contributed by atoms with Crippen LogP contribution in [0.5, 0.6) is 0 Å². The van der Waals surface area contributed by atoms with Gasteiger partial charge in [-0.15, -0.1) is 12.4 Å². The summed E-state index contributed by atoms with van der Waals surface area (Å²) in [6.45, 7) is 4.43. The van der Waals surface area contributed by atoms with E-state index in [1.165, 1.54) is 12.8 Å². The Labute approximate surface area is 108 Å². The number of hydrogen-bond donors (Lipinski definition) is 3. The van der Waals surface area contributed by atoms with Crippen molar-refractivity contribution in [3.8, 4) is 0 Å². The van der Waals surface area contributed by atoms with Crippen LogP contribution in [-0.2, 0) is 6.54 Å². The Balaban J connectivity index is 0.00000144. The Bertz CT molecular complexity index is 288. The topological polar surface area (TPSA) is 64.2 Å². The second-order valence-electron chi connectivity index (χ2n) is 4.37.